The summed E-state index contributed by atoms with van der Waals surface area (Å²) in [5, 5.41) is 0. The third kappa shape index (κ3) is 12.4. The molecule has 1 aromatic carbocycles. The molecule has 0 fully saturated rings. The van der Waals surface area contributed by atoms with Gasteiger partial charge in [-0.05, 0) is 42.6 Å². The van der Waals surface area contributed by atoms with Crippen LogP contribution in [0.1, 0.15) is 149 Å². The van der Waals surface area contributed by atoms with Crippen LogP contribution in [0, 0.1) is 11.8 Å². The quantitative estimate of drug-likeness (QED) is 0.121. The van der Waals surface area contributed by atoms with Crippen molar-refractivity contribution in [2.45, 2.75) is 149 Å². The van der Waals surface area contributed by atoms with Gasteiger partial charge < -0.3 is 14.3 Å². The Bertz CT molecular complexity index is 615. The van der Waals surface area contributed by atoms with Gasteiger partial charge in [0.1, 0.15) is 5.75 Å². The standard InChI is InChI=1S/C31H57O3P/c1-6-11-14-15-16-19-24-31(25-27(9-4)20-12-7-2,26-28(10-5)21-13-8-3)29-22-17-18-23-30(29)34-35(32)33/h17-18,22-23,27-28,32-33H,6-16,19-21,24-26H2,1-5H3. The van der Waals surface area contributed by atoms with Crippen LogP contribution in [0.15, 0.2) is 24.3 Å². The van der Waals surface area contributed by atoms with Crippen LogP contribution in [0.2, 0.25) is 0 Å². The predicted molar refractivity (Wildman–Crippen MR) is 154 cm³/mol. The first-order valence-corrected chi connectivity index (χ1v) is 16.1. The summed E-state index contributed by atoms with van der Waals surface area (Å²) in [5.74, 6) is 2.07. The number of unbranched alkanes of at least 4 members (excludes halogenated alkanes) is 7. The molecule has 1 aromatic rings. The van der Waals surface area contributed by atoms with E-state index >= 15 is 0 Å². The van der Waals surface area contributed by atoms with Gasteiger partial charge in [-0.25, -0.2) is 0 Å². The molecule has 0 amide bonds. The highest BCUT2D eigenvalue weighted by molar-refractivity contribution is 7.39. The third-order valence-electron chi connectivity index (χ3n) is 8.09. The fourth-order valence-corrected chi connectivity index (χ4v) is 6.29. The first kappa shape index (κ1) is 32.4. The van der Waals surface area contributed by atoms with Crippen LogP contribution in [0.5, 0.6) is 5.75 Å². The Morgan fingerprint density at radius 2 is 1.23 bits per heavy atom. The predicted octanol–water partition coefficient (Wildman–Crippen LogP) is 10.5. The summed E-state index contributed by atoms with van der Waals surface area (Å²) in [7, 11) is -2.43. The monoisotopic (exact) mass is 508 g/mol. The zero-order chi connectivity index (χ0) is 25.9. The highest BCUT2D eigenvalue weighted by atomic mass is 31.2. The molecule has 0 aliphatic carbocycles. The summed E-state index contributed by atoms with van der Waals surface area (Å²) in [6.07, 6.45) is 21.4. The molecular formula is C31H57O3P. The fraction of sp³-hybridized carbons (Fsp3) is 0.806. The molecule has 0 aliphatic rings. The Morgan fingerprint density at radius 1 is 0.714 bits per heavy atom. The molecule has 0 aliphatic heterocycles. The summed E-state index contributed by atoms with van der Waals surface area (Å²) >= 11 is 0. The second kappa shape index (κ2) is 19.5. The summed E-state index contributed by atoms with van der Waals surface area (Å²) in [6, 6.07) is 8.27. The average Bonchev–Trinajstić information content (AvgIpc) is 2.86. The normalized spacial score (nSPS) is 15.2. The van der Waals surface area contributed by atoms with Gasteiger partial charge in [-0.3, -0.25) is 0 Å². The van der Waals surface area contributed by atoms with Crippen molar-refractivity contribution in [1.82, 2.24) is 0 Å². The van der Waals surface area contributed by atoms with E-state index in [4.69, 9.17) is 4.52 Å². The van der Waals surface area contributed by atoms with Gasteiger partial charge in [-0.15, -0.1) is 0 Å². The van der Waals surface area contributed by atoms with Gasteiger partial charge >= 0.3 is 8.60 Å². The van der Waals surface area contributed by atoms with Crippen molar-refractivity contribution in [2.75, 3.05) is 0 Å². The van der Waals surface area contributed by atoms with Gasteiger partial charge in [0.05, 0.1) is 0 Å². The Balaban J connectivity index is 3.41. The van der Waals surface area contributed by atoms with Crippen LogP contribution < -0.4 is 4.52 Å². The van der Waals surface area contributed by atoms with Crippen LogP contribution in [0.4, 0.5) is 0 Å². The molecule has 1 rings (SSSR count). The van der Waals surface area contributed by atoms with Crippen LogP contribution in [-0.4, -0.2) is 9.79 Å². The first-order chi connectivity index (χ1) is 17.0. The molecule has 2 atom stereocenters. The molecule has 0 spiro atoms. The number of hydrogen-bond acceptors (Lipinski definition) is 3. The van der Waals surface area contributed by atoms with E-state index in [0.717, 1.165) is 0 Å². The van der Waals surface area contributed by atoms with E-state index in [9.17, 15) is 9.79 Å². The Kier molecular flexibility index (Phi) is 18.0. The van der Waals surface area contributed by atoms with Gasteiger partial charge in [0.2, 0.25) is 0 Å². The second-order valence-electron chi connectivity index (χ2n) is 10.9. The summed E-state index contributed by atoms with van der Waals surface area (Å²) in [4.78, 5) is 19.6. The molecule has 4 heteroatoms. The van der Waals surface area contributed by atoms with E-state index in [1.54, 1.807) is 0 Å². The minimum absolute atomic E-state index is 0.0233. The van der Waals surface area contributed by atoms with E-state index in [0.29, 0.717) is 17.6 Å². The minimum atomic E-state index is -2.43. The van der Waals surface area contributed by atoms with Gasteiger partial charge in [0.25, 0.3) is 0 Å². The van der Waals surface area contributed by atoms with Crippen molar-refractivity contribution in [3.63, 3.8) is 0 Å². The lowest BCUT2D eigenvalue weighted by molar-refractivity contribution is 0.205. The van der Waals surface area contributed by atoms with Gasteiger partial charge in [0, 0.05) is 5.56 Å². The largest absolute Gasteiger partial charge is 0.427 e. The first-order valence-electron chi connectivity index (χ1n) is 14.9. The maximum absolute atomic E-state index is 9.78. The van der Waals surface area contributed by atoms with Crippen molar-refractivity contribution in [2.24, 2.45) is 11.8 Å². The fourth-order valence-electron chi connectivity index (χ4n) is 5.95. The van der Waals surface area contributed by atoms with Crippen LogP contribution in [0.25, 0.3) is 0 Å². The molecule has 35 heavy (non-hydrogen) atoms. The molecule has 2 N–H and O–H groups in total. The van der Waals surface area contributed by atoms with Crippen LogP contribution in [-0.2, 0) is 5.41 Å². The SMILES string of the molecule is CCCCCCCCC(CC(CC)CCCC)(CC(CC)CCCC)c1ccccc1OP(O)O. The molecule has 3 nitrogen and oxygen atoms in total. The van der Waals surface area contributed by atoms with E-state index in [-0.39, 0.29) is 5.41 Å². The smallest absolute Gasteiger partial charge is 0.391 e. The average molecular weight is 509 g/mol. The molecule has 0 saturated carbocycles. The molecular weight excluding hydrogens is 451 g/mol. The zero-order valence-electron chi connectivity index (χ0n) is 23.7. The molecule has 0 aromatic heterocycles. The lowest BCUT2D eigenvalue weighted by Gasteiger charge is -2.41. The van der Waals surface area contributed by atoms with E-state index < -0.39 is 8.60 Å². The maximum Gasteiger partial charge on any atom is 0.391 e. The Labute approximate surface area is 219 Å². The van der Waals surface area contributed by atoms with Crippen molar-refractivity contribution in [1.29, 1.82) is 0 Å². The highest BCUT2D eigenvalue weighted by Crippen LogP contribution is 2.49. The number of benzene rings is 1. The number of para-hydroxylation sites is 1. The van der Waals surface area contributed by atoms with Crippen LogP contribution >= 0.6 is 8.60 Å². The topological polar surface area (TPSA) is 49.7 Å². The number of rotatable bonds is 22. The molecule has 0 heterocycles. The summed E-state index contributed by atoms with van der Waals surface area (Å²) < 4.78 is 5.68. The van der Waals surface area contributed by atoms with Crippen molar-refractivity contribution < 1.29 is 14.3 Å². The third-order valence-corrected chi connectivity index (χ3v) is 8.45. The molecule has 0 bridgehead atoms. The van der Waals surface area contributed by atoms with E-state index in [2.05, 4.69) is 46.8 Å². The van der Waals surface area contributed by atoms with Gasteiger partial charge in [0.15, 0.2) is 0 Å². The lowest BCUT2D eigenvalue weighted by Crippen LogP contribution is -2.33. The summed E-state index contributed by atoms with van der Waals surface area (Å²) in [6.45, 7) is 11.6. The van der Waals surface area contributed by atoms with Crippen molar-refractivity contribution in [3.8, 4) is 5.75 Å². The second-order valence-corrected chi connectivity index (χ2v) is 11.6. The minimum Gasteiger partial charge on any atom is -0.427 e. The lowest BCUT2D eigenvalue weighted by atomic mass is 9.64. The van der Waals surface area contributed by atoms with Crippen molar-refractivity contribution >= 4 is 8.60 Å². The van der Waals surface area contributed by atoms with Gasteiger partial charge in [-0.1, -0.05) is 143 Å². The molecule has 204 valence electrons. The Morgan fingerprint density at radius 3 is 1.74 bits per heavy atom. The summed E-state index contributed by atoms with van der Waals surface area (Å²) in [5.41, 5.74) is 1.24. The van der Waals surface area contributed by atoms with E-state index in [1.807, 2.05) is 12.1 Å². The molecule has 0 radical (unpaired) electrons. The highest BCUT2D eigenvalue weighted by Gasteiger charge is 2.38. The Hall–Kier alpha value is -0.630. The molecule has 0 saturated heterocycles. The number of hydrogen-bond donors (Lipinski definition) is 2. The zero-order valence-corrected chi connectivity index (χ0v) is 24.6. The van der Waals surface area contributed by atoms with Crippen LogP contribution in [0.3, 0.4) is 0 Å². The van der Waals surface area contributed by atoms with Crippen molar-refractivity contribution in [3.05, 3.63) is 29.8 Å². The van der Waals surface area contributed by atoms with Gasteiger partial charge in [-0.2, -0.15) is 0 Å². The molecule has 2 unspecified atom stereocenters. The maximum atomic E-state index is 9.78. The van der Waals surface area contributed by atoms with E-state index in [1.165, 1.54) is 115 Å².